The molecule has 0 saturated heterocycles. The van der Waals surface area contributed by atoms with Crippen molar-refractivity contribution in [3.8, 4) is 6.07 Å². The summed E-state index contributed by atoms with van der Waals surface area (Å²) in [6.07, 6.45) is -1.06. The molecule has 62 valence electrons. The molecule has 1 aromatic carbocycles. The van der Waals surface area contributed by atoms with Crippen LogP contribution in [0.5, 0.6) is 0 Å². The Hall–Kier alpha value is -0.370. The highest BCUT2D eigenvalue weighted by Crippen LogP contribution is 2.23. The molecule has 0 spiro atoms. The first-order valence-corrected chi connectivity index (χ1v) is 4.76. The average molecular weight is 291 g/mol. The first-order valence-electron chi connectivity index (χ1n) is 3.17. The van der Waals surface area contributed by atoms with Gasteiger partial charge in [0.25, 0.3) is 0 Å². The second kappa shape index (κ2) is 4.04. The second-order valence-corrected chi connectivity index (χ2v) is 4.07. The van der Waals surface area contributed by atoms with Gasteiger partial charge >= 0.3 is 0 Å². The van der Waals surface area contributed by atoms with Gasteiger partial charge in [0.05, 0.1) is 6.07 Å². The van der Waals surface area contributed by atoms with Crippen LogP contribution in [0.1, 0.15) is 11.7 Å². The number of nitrogens with zero attached hydrogens (tertiary/aromatic N) is 1. The van der Waals surface area contributed by atoms with E-state index in [1.807, 2.05) is 6.07 Å². The summed E-state index contributed by atoms with van der Waals surface area (Å²) in [5, 5.41) is 17.6. The van der Waals surface area contributed by atoms with Crippen molar-refractivity contribution in [1.29, 1.82) is 5.26 Å². The predicted molar refractivity (Wildman–Crippen MR) is 52.4 cm³/mol. The number of benzene rings is 1. The highest BCUT2D eigenvalue weighted by atomic mass is 79.9. The Morgan fingerprint density at radius 2 is 1.75 bits per heavy atom. The molecule has 0 heterocycles. The van der Waals surface area contributed by atoms with Crippen molar-refractivity contribution < 1.29 is 5.11 Å². The summed E-state index contributed by atoms with van der Waals surface area (Å²) in [5.41, 5.74) is 0.582. The molecule has 1 N–H and O–H groups in total. The molecule has 1 rings (SSSR count). The lowest BCUT2D eigenvalue weighted by atomic mass is 10.1. The number of aliphatic hydroxyl groups excluding tert-OH is 1. The van der Waals surface area contributed by atoms with Crippen LogP contribution in [0.4, 0.5) is 0 Å². The quantitative estimate of drug-likeness (QED) is 0.808. The molecule has 1 atom stereocenters. The topological polar surface area (TPSA) is 44.0 Å². The van der Waals surface area contributed by atoms with Crippen LogP contribution in [0.15, 0.2) is 27.1 Å². The third kappa shape index (κ3) is 2.31. The van der Waals surface area contributed by atoms with E-state index >= 15 is 0 Å². The van der Waals surface area contributed by atoms with E-state index in [1.54, 1.807) is 18.2 Å². The first-order chi connectivity index (χ1) is 5.63. The fraction of sp³-hybridized carbons (Fsp3) is 0.125. The fourth-order valence-electron chi connectivity index (χ4n) is 0.808. The van der Waals surface area contributed by atoms with Crippen molar-refractivity contribution in [1.82, 2.24) is 0 Å². The van der Waals surface area contributed by atoms with Crippen molar-refractivity contribution in [2.45, 2.75) is 6.10 Å². The lowest BCUT2D eigenvalue weighted by Gasteiger charge is -2.03. The smallest absolute Gasteiger partial charge is 0.165 e. The van der Waals surface area contributed by atoms with Crippen molar-refractivity contribution in [2.75, 3.05) is 0 Å². The van der Waals surface area contributed by atoms with Gasteiger partial charge in [-0.15, -0.1) is 0 Å². The van der Waals surface area contributed by atoms with Gasteiger partial charge in [0.2, 0.25) is 0 Å². The Bertz CT molecular complexity index is 312. The fourth-order valence-corrected chi connectivity index (χ4v) is 2.14. The number of rotatable bonds is 1. The standard InChI is InChI=1S/C8H5Br2NO/c9-6-1-5(8(12)4-11)2-7(10)3-6/h1-3,8,12H. The molecule has 2 nitrogen and oxygen atoms in total. The number of aliphatic hydroxyl groups is 1. The molecule has 4 heteroatoms. The van der Waals surface area contributed by atoms with Crippen LogP contribution in [0, 0.1) is 11.3 Å². The lowest BCUT2D eigenvalue weighted by molar-refractivity contribution is 0.236. The van der Waals surface area contributed by atoms with Crippen LogP contribution in [-0.4, -0.2) is 5.11 Å². The molecule has 1 unspecified atom stereocenters. The summed E-state index contributed by atoms with van der Waals surface area (Å²) in [6.45, 7) is 0. The normalized spacial score (nSPS) is 12.2. The highest BCUT2D eigenvalue weighted by Gasteiger charge is 2.06. The van der Waals surface area contributed by atoms with E-state index in [1.165, 1.54) is 0 Å². The van der Waals surface area contributed by atoms with Crippen molar-refractivity contribution in [3.63, 3.8) is 0 Å². The molecular weight excluding hydrogens is 286 g/mol. The molecule has 0 aromatic heterocycles. The Morgan fingerprint density at radius 1 is 1.25 bits per heavy atom. The second-order valence-electron chi connectivity index (χ2n) is 2.23. The van der Waals surface area contributed by atoms with Gasteiger partial charge in [-0.1, -0.05) is 31.9 Å². The molecule has 12 heavy (non-hydrogen) atoms. The van der Waals surface area contributed by atoms with Gasteiger partial charge in [-0.3, -0.25) is 0 Å². The molecule has 1 aromatic rings. The van der Waals surface area contributed by atoms with Gasteiger partial charge in [0.15, 0.2) is 6.10 Å². The number of halogens is 2. The Morgan fingerprint density at radius 3 is 2.17 bits per heavy atom. The minimum atomic E-state index is -1.06. The van der Waals surface area contributed by atoms with E-state index in [2.05, 4.69) is 31.9 Å². The minimum Gasteiger partial charge on any atom is -0.374 e. The summed E-state index contributed by atoms with van der Waals surface area (Å²) in [4.78, 5) is 0. The van der Waals surface area contributed by atoms with Crippen molar-refractivity contribution in [3.05, 3.63) is 32.7 Å². The molecule has 0 amide bonds. The van der Waals surface area contributed by atoms with Gasteiger partial charge in [-0.2, -0.15) is 5.26 Å². The molecule has 0 saturated carbocycles. The van der Waals surface area contributed by atoms with Gasteiger partial charge in [-0.25, -0.2) is 0 Å². The summed E-state index contributed by atoms with van der Waals surface area (Å²) in [7, 11) is 0. The Balaban J connectivity index is 3.10. The number of hydrogen-bond donors (Lipinski definition) is 1. The van der Waals surface area contributed by atoms with E-state index in [-0.39, 0.29) is 0 Å². The Kier molecular flexibility index (Phi) is 3.27. The first kappa shape index (κ1) is 9.72. The van der Waals surface area contributed by atoms with E-state index in [0.29, 0.717) is 5.56 Å². The third-order valence-corrected chi connectivity index (χ3v) is 2.24. The predicted octanol–water partition coefficient (Wildman–Crippen LogP) is 2.77. The SMILES string of the molecule is N#CC(O)c1cc(Br)cc(Br)c1. The van der Waals surface area contributed by atoms with Crippen LogP contribution in [-0.2, 0) is 0 Å². The largest absolute Gasteiger partial charge is 0.374 e. The van der Waals surface area contributed by atoms with E-state index in [4.69, 9.17) is 5.26 Å². The molecule has 0 aliphatic rings. The highest BCUT2D eigenvalue weighted by molar-refractivity contribution is 9.11. The zero-order valence-electron chi connectivity index (χ0n) is 5.96. The minimum absolute atomic E-state index is 0.582. The zero-order valence-corrected chi connectivity index (χ0v) is 9.13. The van der Waals surface area contributed by atoms with E-state index in [0.717, 1.165) is 8.95 Å². The number of nitriles is 1. The molecule has 0 bridgehead atoms. The van der Waals surface area contributed by atoms with Crippen LogP contribution < -0.4 is 0 Å². The molecule has 0 aliphatic heterocycles. The summed E-state index contributed by atoms with van der Waals surface area (Å²) >= 11 is 6.52. The van der Waals surface area contributed by atoms with Gasteiger partial charge in [0.1, 0.15) is 0 Å². The maximum Gasteiger partial charge on any atom is 0.165 e. The summed E-state index contributed by atoms with van der Waals surface area (Å²) < 4.78 is 1.67. The van der Waals surface area contributed by atoms with Crippen LogP contribution in [0.3, 0.4) is 0 Å². The van der Waals surface area contributed by atoms with E-state index < -0.39 is 6.10 Å². The monoisotopic (exact) mass is 289 g/mol. The third-order valence-electron chi connectivity index (χ3n) is 1.32. The zero-order chi connectivity index (χ0) is 9.14. The molecule has 0 radical (unpaired) electrons. The Labute approximate surface area is 87.1 Å². The van der Waals surface area contributed by atoms with Crippen molar-refractivity contribution in [2.24, 2.45) is 0 Å². The van der Waals surface area contributed by atoms with Crippen LogP contribution >= 0.6 is 31.9 Å². The van der Waals surface area contributed by atoms with Gasteiger partial charge < -0.3 is 5.11 Å². The van der Waals surface area contributed by atoms with E-state index in [9.17, 15) is 5.11 Å². The maximum atomic E-state index is 9.18. The van der Waals surface area contributed by atoms with Crippen LogP contribution in [0.25, 0.3) is 0 Å². The lowest BCUT2D eigenvalue weighted by Crippen LogP contribution is -1.92. The average Bonchev–Trinajstić information content (AvgIpc) is 2.01. The van der Waals surface area contributed by atoms with Crippen molar-refractivity contribution >= 4 is 31.9 Å². The summed E-state index contributed by atoms with van der Waals surface area (Å²) in [5.74, 6) is 0. The van der Waals surface area contributed by atoms with Crippen LogP contribution in [0.2, 0.25) is 0 Å². The summed E-state index contributed by atoms with van der Waals surface area (Å²) in [6, 6.07) is 7.00. The molecule has 0 aliphatic carbocycles. The van der Waals surface area contributed by atoms with Gasteiger partial charge in [0, 0.05) is 8.95 Å². The maximum absolute atomic E-state index is 9.18. The molecule has 0 fully saturated rings. The van der Waals surface area contributed by atoms with Gasteiger partial charge in [-0.05, 0) is 23.8 Å². The number of hydrogen-bond acceptors (Lipinski definition) is 2. The molecular formula is C8H5Br2NO.